The molecule has 0 unspecified atom stereocenters. The molecule has 0 spiro atoms. The number of hydrogen-bond acceptors (Lipinski definition) is 5. The van der Waals surface area contributed by atoms with Crippen molar-refractivity contribution in [3.63, 3.8) is 0 Å². The van der Waals surface area contributed by atoms with Crippen molar-refractivity contribution < 1.29 is 14.3 Å². The van der Waals surface area contributed by atoms with Gasteiger partial charge in [-0.3, -0.25) is 9.59 Å². The first-order valence-electron chi connectivity index (χ1n) is 11.4. The minimum atomic E-state index is -0.230. The van der Waals surface area contributed by atoms with E-state index in [0.29, 0.717) is 22.9 Å². The van der Waals surface area contributed by atoms with E-state index >= 15 is 0 Å². The monoisotopic (exact) mass is 497 g/mol. The standard InChI is InChI=1S/C26H28ClN3O3S/c1-16-11-17(2)13-20(12-16)33-14-24-28-23(15-34-24)26(32)30-22-6-4-3-5-21(22)29-25(31)18-7-9-19(27)10-8-18/h7-13,15,21-22H,3-6,14H2,1-2H3,(H,29,31)(H,30,32)/t21-,22+/m0/s1. The molecule has 2 atom stereocenters. The van der Waals surface area contributed by atoms with Crippen LogP contribution in [0.25, 0.3) is 0 Å². The average Bonchev–Trinajstić information content (AvgIpc) is 3.28. The summed E-state index contributed by atoms with van der Waals surface area (Å²) in [5.41, 5.74) is 3.20. The van der Waals surface area contributed by atoms with Gasteiger partial charge < -0.3 is 15.4 Å². The van der Waals surface area contributed by atoms with Gasteiger partial charge >= 0.3 is 0 Å². The number of carbonyl (C=O) groups is 2. The Morgan fingerprint density at radius 3 is 2.26 bits per heavy atom. The average molecular weight is 498 g/mol. The van der Waals surface area contributed by atoms with E-state index in [0.717, 1.165) is 47.6 Å². The second-order valence-electron chi connectivity index (χ2n) is 8.69. The smallest absolute Gasteiger partial charge is 0.271 e. The second kappa shape index (κ2) is 11.0. The Bertz CT molecular complexity index is 1140. The lowest BCUT2D eigenvalue weighted by Gasteiger charge is -2.32. The molecule has 2 amide bonds. The first-order chi connectivity index (χ1) is 16.4. The summed E-state index contributed by atoms with van der Waals surface area (Å²) in [5, 5.41) is 9.23. The number of carbonyl (C=O) groups excluding carboxylic acids is 2. The number of benzene rings is 2. The zero-order chi connectivity index (χ0) is 24.1. The maximum atomic E-state index is 12.9. The van der Waals surface area contributed by atoms with E-state index < -0.39 is 0 Å². The van der Waals surface area contributed by atoms with Crippen molar-refractivity contribution in [1.82, 2.24) is 15.6 Å². The second-order valence-corrected chi connectivity index (χ2v) is 10.1. The van der Waals surface area contributed by atoms with Crippen LogP contribution >= 0.6 is 22.9 Å². The summed E-state index contributed by atoms with van der Waals surface area (Å²) in [4.78, 5) is 30.0. The highest BCUT2D eigenvalue weighted by Crippen LogP contribution is 2.22. The van der Waals surface area contributed by atoms with Gasteiger partial charge in [0, 0.05) is 28.0 Å². The highest BCUT2D eigenvalue weighted by atomic mass is 35.5. The predicted molar refractivity (Wildman–Crippen MR) is 135 cm³/mol. The fraction of sp³-hybridized carbons (Fsp3) is 0.346. The van der Waals surface area contributed by atoms with Gasteiger partial charge in [-0.05, 0) is 74.2 Å². The van der Waals surface area contributed by atoms with Crippen LogP contribution in [0, 0.1) is 13.8 Å². The maximum absolute atomic E-state index is 12.9. The number of nitrogens with one attached hydrogen (secondary N) is 2. The Kier molecular flexibility index (Phi) is 7.85. The molecule has 178 valence electrons. The number of hydrogen-bond donors (Lipinski definition) is 2. The first kappa shape index (κ1) is 24.2. The van der Waals surface area contributed by atoms with E-state index in [2.05, 4.69) is 21.7 Å². The Labute approximate surface area is 208 Å². The third-order valence-corrected chi connectivity index (χ3v) is 6.92. The van der Waals surface area contributed by atoms with Crippen LogP contribution in [0.15, 0.2) is 47.8 Å². The number of aryl methyl sites for hydroxylation is 2. The Morgan fingerprint density at radius 1 is 1.00 bits per heavy atom. The molecule has 1 aliphatic rings. The highest BCUT2D eigenvalue weighted by molar-refractivity contribution is 7.09. The first-order valence-corrected chi connectivity index (χ1v) is 12.7. The van der Waals surface area contributed by atoms with Crippen LogP contribution in [0.1, 0.15) is 62.7 Å². The summed E-state index contributed by atoms with van der Waals surface area (Å²) in [5.74, 6) is 0.397. The lowest BCUT2D eigenvalue weighted by Crippen LogP contribution is -2.53. The van der Waals surface area contributed by atoms with Crippen molar-refractivity contribution in [3.05, 3.63) is 80.3 Å². The van der Waals surface area contributed by atoms with E-state index in [1.807, 2.05) is 26.0 Å². The predicted octanol–water partition coefficient (Wildman–Crippen LogP) is 5.46. The molecule has 6 nitrogen and oxygen atoms in total. The molecule has 2 aromatic carbocycles. The van der Waals surface area contributed by atoms with Crippen LogP contribution in [0.4, 0.5) is 0 Å². The molecule has 0 bridgehead atoms. The van der Waals surface area contributed by atoms with Gasteiger partial charge in [-0.15, -0.1) is 11.3 Å². The number of aromatic nitrogens is 1. The molecule has 34 heavy (non-hydrogen) atoms. The van der Waals surface area contributed by atoms with Crippen LogP contribution in [0.5, 0.6) is 5.75 Å². The van der Waals surface area contributed by atoms with Crippen molar-refractivity contribution >= 4 is 34.8 Å². The summed E-state index contributed by atoms with van der Waals surface area (Å²) in [6.45, 7) is 4.37. The molecular weight excluding hydrogens is 470 g/mol. The van der Waals surface area contributed by atoms with Gasteiger partial charge in [-0.25, -0.2) is 4.98 Å². The van der Waals surface area contributed by atoms with Gasteiger partial charge in [-0.1, -0.05) is 30.5 Å². The molecule has 0 radical (unpaired) electrons. The molecule has 1 saturated carbocycles. The van der Waals surface area contributed by atoms with Crippen LogP contribution in [-0.2, 0) is 6.61 Å². The lowest BCUT2D eigenvalue weighted by atomic mass is 9.90. The van der Waals surface area contributed by atoms with Gasteiger partial charge in [-0.2, -0.15) is 0 Å². The Hall–Kier alpha value is -2.90. The van der Waals surface area contributed by atoms with Crippen LogP contribution < -0.4 is 15.4 Å². The Balaban J connectivity index is 1.34. The van der Waals surface area contributed by atoms with Gasteiger partial charge in [0.05, 0.1) is 0 Å². The summed E-state index contributed by atoms with van der Waals surface area (Å²) in [7, 11) is 0. The number of nitrogens with zero attached hydrogens (tertiary/aromatic N) is 1. The van der Waals surface area contributed by atoms with Crippen LogP contribution in [-0.4, -0.2) is 28.9 Å². The van der Waals surface area contributed by atoms with Crippen LogP contribution in [0.3, 0.4) is 0 Å². The van der Waals surface area contributed by atoms with Crippen molar-refractivity contribution in [3.8, 4) is 5.75 Å². The SMILES string of the molecule is Cc1cc(C)cc(OCc2nc(C(=O)N[C@@H]3CCCC[C@@H]3NC(=O)c3ccc(Cl)cc3)cs2)c1. The highest BCUT2D eigenvalue weighted by Gasteiger charge is 2.29. The normalized spacial score (nSPS) is 17.7. The summed E-state index contributed by atoms with van der Waals surface area (Å²) >= 11 is 7.32. The molecule has 1 fully saturated rings. The maximum Gasteiger partial charge on any atom is 0.271 e. The molecule has 1 heterocycles. The zero-order valence-electron chi connectivity index (χ0n) is 19.3. The number of ether oxygens (including phenoxy) is 1. The van der Waals surface area contributed by atoms with E-state index in [-0.39, 0.29) is 23.9 Å². The molecule has 0 saturated heterocycles. The molecule has 4 rings (SSSR count). The topological polar surface area (TPSA) is 80.3 Å². The fourth-order valence-corrected chi connectivity index (χ4v) is 5.03. The third kappa shape index (κ3) is 6.36. The van der Waals surface area contributed by atoms with Crippen molar-refractivity contribution in [1.29, 1.82) is 0 Å². The molecule has 3 aromatic rings. The number of halogens is 1. The van der Waals surface area contributed by atoms with Gasteiger partial charge in [0.1, 0.15) is 23.1 Å². The van der Waals surface area contributed by atoms with E-state index in [4.69, 9.17) is 16.3 Å². The van der Waals surface area contributed by atoms with Crippen molar-refractivity contribution in [2.24, 2.45) is 0 Å². The van der Waals surface area contributed by atoms with E-state index in [1.54, 1.807) is 29.6 Å². The minimum absolute atomic E-state index is 0.133. The van der Waals surface area contributed by atoms with Gasteiger partial charge in [0.2, 0.25) is 0 Å². The molecular formula is C26H28ClN3O3S. The summed E-state index contributed by atoms with van der Waals surface area (Å²) in [6.07, 6.45) is 3.64. The third-order valence-electron chi connectivity index (χ3n) is 5.85. The quantitative estimate of drug-likeness (QED) is 0.454. The number of amides is 2. The molecule has 1 aliphatic carbocycles. The Morgan fingerprint density at radius 2 is 1.62 bits per heavy atom. The fourth-order valence-electron chi connectivity index (χ4n) is 4.21. The lowest BCUT2D eigenvalue weighted by molar-refractivity contribution is 0.0860. The van der Waals surface area contributed by atoms with E-state index in [1.165, 1.54) is 11.3 Å². The van der Waals surface area contributed by atoms with Gasteiger partial charge in [0.25, 0.3) is 11.8 Å². The van der Waals surface area contributed by atoms with Crippen LogP contribution in [0.2, 0.25) is 5.02 Å². The summed E-state index contributed by atoms with van der Waals surface area (Å²) in [6, 6.07) is 12.6. The van der Waals surface area contributed by atoms with Crippen molar-refractivity contribution in [2.45, 2.75) is 58.2 Å². The minimum Gasteiger partial charge on any atom is -0.486 e. The number of thiazole rings is 1. The molecule has 1 aromatic heterocycles. The molecule has 8 heteroatoms. The zero-order valence-corrected chi connectivity index (χ0v) is 20.8. The number of rotatable bonds is 7. The molecule has 0 aliphatic heterocycles. The van der Waals surface area contributed by atoms with E-state index in [9.17, 15) is 9.59 Å². The van der Waals surface area contributed by atoms with Crippen molar-refractivity contribution in [2.75, 3.05) is 0 Å². The van der Waals surface area contributed by atoms with Gasteiger partial charge in [0.15, 0.2) is 0 Å². The summed E-state index contributed by atoms with van der Waals surface area (Å²) < 4.78 is 5.87. The largest absolute Gasteiger partial charge is 0.486 e. The molecule has 2 N–H and O–H groups in total.